The van der Waals surface area contributed by atoms with Gasteiger partial charge in [-0.3, -0.25) is 0 Å². The zero-order valence-corrected chi connectivity index (χ0v) is 11.5. The number of hydrogen-bond acceptors (Lipinski definition) is 5. The minimum atomic E-state index is 0.274. The molecule has 1 aliphatic carbocycles. The number of aromatic nitrogens is 1. The molecule has 0 saturated heterocycles. The first-order valence-corrected chi connectivity index (χ1v) is 7.67. The number of hydrogen-bond donors (Lipinski definition) is 1. The predicted molar refractivity (Wildman–Crippen MR) is 76.7 cm³/mol. The second kappa shape index (κ2) is 4.45. The Bertz CT molecular complexity index is 623. The standard InChI is InChI=1S/C13H13N3S2/c14-6-5-13(3-4-13)8-17-12-16-10-2-1-9(15)7-11(10)18-12/h1-2,7H,3-5,8,15H2. The van der Waals surface area contributed by atoms with Gasteiger partial charge in [-0.25, -0.2) is 4.98 Å². The first-order valence-electron chi connectivity index (χ1n) is 5.87. The topological polar surface area (TPSA) is 62.7 Å². The number of anilines is 1. The molecule has 92 valence electrons. The molecule has 3 nitrogen and oxygen atoms in total. The van der Waals surface area contributed by atoms with Crippen molar-refractivity contribution in [2.45, 2.75) is 23.6 Å². The molecule has 0 unspecified atom stereocenters. The third-order valence-corrected chi connectivity index (χ3v) is 5.82. The number of rotatable bonds is 4. The van der Waals surface area contributed by atoms with Gasteiger partial charge in [-0.05, 0) is 36.5 Å². The molecule has 1 heterocycles. The highest BCUT2D eigenvalue weighted by Crippen LogP contribution is 2.52. The van der Waals surface area contributed by atoms with Crippen molar-refractivity contribution in [1.29, 1.82) is 5.26 Å². The van der Waals surface area contributed by atoms with Gasteiger partial charge < -0.3 is 5.73 Å². The van der Waals surface area contributed by atoms with Crippen molar-refractivity contribution in [2.24, 2.45) is 5.41 Å². The van der Waals surface area contributed by atoms with Crippen molar-refractivity contribution < 1.29 is 0 Å². The number of nitrogen functional groups attached to an aromatic ring is 1. The first-order chi connectivity index (χ1) is 8.71. The van der Waals surface area contributed by atoms with Crippen molar-refractivity contribution in [1.82, 2.24) is 4.98 Å². The lowest BCUT2D eigenvalue weighted by Crippen LogP contribution is -2.01. The molecule has 1 aromatic heterocycles. The van der Waals surface area contributed by atoms with Gasteiger partial charge in [-0.1, -0.05) is 11.8 Å². The number of thioether (sulfide) groups is 1. The lowest BCUT2D eigenvalue weighted by Gasteiger charge is -2.07. The Morgan fingerprint density at radius 2 is 2.33 bits per heavy atom. The summed E-state index contributed by atoms with van der Waals surface area (Å²) in [7, 11) is 0. The molecule has 3 rings (SSSR count). The van der Waals surface area contributed by atoms with Crippen LogP contribution in [0.25, 0.3) is 10.2 Å². The van der Waals surface area contributed by atoms with E-state index >= 15 is 0 Å². The molecule has 18 heavy (non-hydrogen) atoms. The summed E-state index contributed by atoms with van der Waals surface area (Å²) in [5.41, 5.74) is 7.83. The maximum Gasteiger partial charge on any atom is 0.151 e. The van der Waals surface area contributed by atoms with Crippen LogP contribution in [0.15, 0.2) is 22.5 Å². The smallest absolute Gasteiger partial charge is 0.151 e. The molecule has 1 fully saturated rings. The molecule has 0 spiro atoms. The van der Waals surface area contributed by atoms with Crippen LogP contribution >= 0.6 is 23.1 Å². The van der Waals surface area contributed by atoms with Crippen molar-refractivity contribution in [2.75, 3.05) is 11.5 Å². The molecule has 2 aromatic rings. The highest BCUT2D eigenvalue weighted by molar-refractivity contribution is 8.01. The van der Waals surface area contributed by atoms with Crippen LogP contribution in [0, 0.1) is 16.7 Å². The summed E-state index contributed by atoms with van der Waals surface area (Å²) in [6, 6.07) is 8.11. The van der Waals surface area contributed by atoms with Gasteiger partial charge >= 0.3 is 0 Å². The summed E-state index contributed by atoms with van der Waals surface area (Å²) in [5.74, 6) is 1.01. The Balaban J connectivity index is 1.74. The SMILES string of the molecule is N#CCC1(CSc2nc3ccc(N)cc3s2)CC1. The molecule has 0 aliphatic heterocycles. The van der Waals surface area contributed by atoms with Gasteiger partial charge in [0.2, 0.25) is 0 Å². The monoisotopic (exact) mass is 275 g/mol. The van der Waals surface area contributed by atoms with Gasteiger partial charge in [0.25, 0.3) is 0 Å². The Morgan fingerprint density at radius 3 is 3.06 bits per heavy atom. The van der Waals surface area contributed by atoms with E-state index < -0.39 is 0 Å². The van der Waals surface area contributed by atoms with Crippen LogP contribution in [-0.2, 0) is 0 Å². The van der Waals surface area contributed by atoms with E-state index in [-0.39, 0.29) is 5.41 Å². The fraction of sp³-hybridized carbons (Fsp3) is 0.385. The van der Waals surface area contributed by atoms with E-state index in [4.69, 9.17) is 11.0 Å². The Kier molecular flexibility index (Phi) is 2.92. The van der Waals surface area contributed by atoms with E-state index in [1.165, 1.54) is 12.8 Å². The van der Waals surface area contributed by atoms with Crippen LogP contribution in [0.2, 0.25) is 0 Å². The Labute approximate surface area is 114 Å². The molecular weight excluding hydrogens is 262 g/mol. The highest BCUT2D eigenvalue weighted by Gasteiger charge is 2.42. The maximum absolute atomic E-state index is 8.80. The molecule has 1 aromatic carbocycles. The van der Waals surface area contributed by atoms with Crippen molar-refractivity contribution in [3.63, 3.8) is 0 Å². The van der Waals surface area contributed by atoms with Gasteiger partial charge in [-0.15, -0.1) is 11.3 Å². The number of nitrogens with zero attached hydrogens (tertiary/aromatic N) is 2. The summed E-state index contributed by atoms with van der Waals surface area (Å²) >= 11 is 3.46. The summed E-state index contributed by atoms with van der Waals surface area (Å²) in [5, 5.41) is 8.80. The normalized spacial score (nSPS) is 16.6. The number of thiazole rings is 1. The van der Waals surface area contributed by atoms with Gasteiger partial charge in [0.15, 0.2) is 4.34 Å². The number of nitrogens with two attached hydrogens (primary N) is 1. The van der Waals surface area contributed by atoms with E-state index in [2.05, 4.69) is 11.1 Å². The van der Waals surface area contributed by atoms with Crippen LogP contribution in [0.1, 0.15) is 19.3 Å². The second-order valence-electron chi connectivity index (χ2n) is 4.83. The molecule has 2 N–H and O–H groups in total. The maximum atomic E-state index is 8.80. The summed E-state index contributed by atoms with van der Waals surface area (Å²) in [4.78, 5) is 4.59. The molecular formula is C13H13N3S2. The average Bonchev–Trinajstić information content (AvgIpc) is 2.99. The van der Waals surface area contributed by atoms with Gasteiger partial charge in [0.05, 0.1) is 16.3 Å². The van der Waals surface area contributed by atoms with Crippen molar-refractivity contribution >= 4 is 39.0 Å². The van der Waals surface area contributed by atoms with Crippen LogP contribution in [-0.4, -0.2) is 10.7 Å². The molecule has 0 amide bonds. The largest absolute Gasteiger partial charge is 0.399 e. The average molecular weight is 275 g/mol. The number of benzene rings is 1. The van der Waals surface area contributed by atoms with E-state index in [1.54, 1.807) is 23.1 Å². The van der Waals surface area contributed by atoms with Crippen LogP contribution in [0.3, 0.4) is 0 Å². The zero-order valence-electron chi connectivity index (χ0n) is 9.85. The van der Waals surface area contributed by atoms with Crippen LogP contribution in [0.5, 0.6) is 0 Å². The van der Waals surface area contributed by atoms with E-state index in [9.17, 15) is 0 Å². The van der Waals surface area contributed by atoms with E-state index in [0.29, 0.717) is 6.42 Å². The third kappa shape index (κ3) is 2.31. The summed E-state index contributed by atoms with van der Waals surface area (Å²) < 4.78 is 2.22. The summed E-state index contributed by atoms with van der Waals surface area (Å²) in [6.07, 6.45) is 3.05. The van der Waals surface area contributed by atoms with Gasteiger partial charge in [0, 0.05) is 17.9 Å². The number of nitriles is 1. The van der Waals surface area contributed by atoms with Crippen molar-refractivity contribution in [3.05, 3.63) is 18.2 Å². The lowest BCUT2D eigenvalue weighted by atomic mass is 10.1. The fourth-order valence-corrected chi connectivity index (χ4v) is 4.32. The summed E-state index contributed by atoms with van der Waals surface area (Å²) in [6.45, 7) is 0. The number of fused-ring (bicyclic) bond motifs is 1. The molecule has 0 atom stereocenters. The fourth-order valence-electron chi connectivity index (χ4n) is 1.91. The van der Waals surface area contributed by atoms with E-state index in [1.807, 2.05) is 18.2 Å². The molecule has 1 saturated carbocycles. The molecule has 5 heteroatoms. The van der Waals surface area contributed by atoms with Crippen LogP contribution in [0.4, 0.5) is 5.69 Å². The highest BCUT2D eigenvalue weighted by atomic mass is 32.2. The first kappa shape index (κ1) is 11.8. The van der Waals surface area contributed by atoms with Gasteiger partial charge in [0.1, 0.15) is 0 Å². The third-order valence-electron chi connectivity index (χ3n) is 3.31. The Morgan fingerprint density at radius 1 is 1.50 bits per heavy atom. The minimum absolute atomic E-state index is 0.274. The zero-order chi connectivity index (χ0) is 12.6. The molecule has 1 aliphatic rings. The molecule has 0 bridgehead atoms. The van der Waals surface area contributed by atoms with Gasteiger partial charge in [-0.2, -0.15) is 5.26 Å². The second-order valence-corrected chi connectivity index (χ2v) is 7.08. The van der Waals surface area contributed by atoms with Crippen molar-refractivity contribution in [3.8, 4) is 6.07 Å². The quantitative estimate of drug-likeness (QED) is 0.683. The Hall–Kier alpha value is -1.25. The van der Waals surface area contributed by atoms with Crippen LogP contribution < -0.4 is 5.73 Å². The lowest BCUT2D eigenvalue weighted by molar-refractivity contribution is 0.604. The molecule has 0 radical (unpaired) electrons. The predicted octanol–water partition coefficient (Wildman–Crippen LogP) is 3.66. The van der Waals surface area contributed by atoms with E-state index in [0.717, 1.165) is 26.0 Å². The minimum Gasteiger partial charge on any atom is -0.399 e.